The van der Waals surface area contributed by atoms with E-state index in [1.807, 2.05) is 0 Å². The summed E-state index contributed by atoms with van der Waals surface area (Å²) in [6.07, 6.45) is 4.09. The molecule has 1 unspecified atom stereocenters. The Kier molecular flexibility index (Phi) is 4.74. The van der Waals surface area contributed by atoms with Crippen molar-refractivity contribution in [2.75, 3.05) is 6.61 Å². The normalized spacial score (nSPS) is 16.7. The van der Waals surface area contributed by atoms with E-state index in [1.165, 1.54) is 0 Å². The van der Waals surface area contributed by atoms with Crippen molar-refractivity contribution >= 4 is 0 Å². The number of hydrogen-bond acceptors (Lipinski definition) is 4. The molecule has 0 N–H and O–H groups in total. The molecular formula is C14H19N3O4. The first-order valence-corrected chi connectivity index (χ1v) is 6.88. The van der Waals surface area contributed by atoms with Crippen molar-refractivity contribution in [2.24, 2.45) is 0 Å². The average molecular weight is 293 g/mol. The van der Waals surface area contributed by atoms with Crippen LogP contribution in [0, 0.1) is 0 Å². The van der Waals surface area contributed by atoms with Gasteiger partial charge in [0.05, 0.1) is 19.3 Å². The molecule has 1 aliphatic rings. The van der Waals surface area contributed by atoms with Gasteiger partial charge in [-0.15, -0.1) is 13.2 Å². The fourth-order valence-corrected chi connectivity index (χ4v) is 2.04. The van der Waals surface area contributed by atoms with Crippen LogP contribution in [-0.2, 0) is 24.4 Å². The lowest BCUT2D eigenvalue weighted by atomic mass is 10.4. The Morgan fingerprint density at radius 3 is 1.76 bits per heavy atom. The van der Waals surface area contributed by atoms with Gasteiger partial charge in [-0.3, -0.25) is 0 Å². The Hall–Kier alpha value is -2.15. The van der Waals surface area contributed by atoms with Gasteiger partial charge in [0.2, 0.25) is 0 Å². The zero-order valence-corrected chi connectivity index (χ0v) is 11.9. The van der Waals surface area contributed by atoms with E-state index in [0.717, 1.165) is 13.7 Å². The van der Waals surface area contributed by atoms with Crippen LogP contribution in [0.3, 0.4) is 0 Å². The SMILES string of the molecule is C=CCCn1c(=O)n(CCC=C)c(=O)n(CC2CO2)c1=O. The summed E-state index contributed by atoms with van der Waals surface area (Å²) in [6, 6.07) is 0. The van der Waals surface area contributed by atoms with Gasteiger partial charge >= 0.3 is 17.1 Å². The van der Waals surface area contributed by atoms with Gasteiger partial charge in [-0.05, 0) is 12.8 Å². The number of ether oxygens (including phenoxy) is 1. The Bertz CT molecular complexity index is 656. The lowest BCUT2D eigenvalue weighted by Crippen LogP contribution is -2.55. The molecule has 1 atom stereocenters. The van der Waals surface area contributed by atoms with Gasteiger partial charge in [0.1, 0.15) is 0 Å². The summed E-state index contributed by atoms with van der Waals surface area (Å²) in [7, 11) is 0. The molecule has 0 aliphatic carbocycles. The van der Waals surface area contributed by atoms with Crippen LogP contribution >= 0.6 is 0 Å². The maximum absolute atomic E-state index is 12.3. The molecule has 1 aromatic heterocycles. The molecule has 1 fully saturated rings. The van der Waals surface area contributed by atoms with Crippen molar-refractivity contribution in [3.63, 3.8) is 0 Å². The number of hydrogen-bond donors (Lipinski definition) is 0. The van der Waals surface area contributed by atoms with Crippen molar-refractivity contribution in [1.82, 2.24) is 13.7 Å². The number of epoxide rings is 1. The Morgan fingerprint density at radius 2 is 1.38 bits per heavy atom. The van der Waals surface area contributed by atoms with Crippen molar-refractivity contribution in [3.8, 4) is 0 Å². The number of aromatic nitrogens is 3. The topological polar surface area (TPSA) is 78.5 Å². The molecule has 2 rings (SSSR count). The molecule has 7 nitrogen and oxygen atoms in total. The van der Waals surface area contributed by atoms with Crippen LogP contribution < -0.4 is 17.1 Å². The molecule has 0 spiro atoms. The van der Waals surface area contributed by atoms with E-state index < -0.39 is 17.1 Å². The van der Waals surface area contributed by atoms with Crippen LogP contribution in [0.5, 0.6) is 0 Å². The molecule has 0 bridgehead atoms. The standard InChI is InChI=1S/C14H19N3O4/c1-3-5-7-15-12(18)16(8-6-4-2)14(20)17(13(15)19)9-11-10-21-11/h3-4,11H,1-2,5-10H2. The fourth-order valence-electron chi connectivity index (χ4n) is 2.04. The first kappa shape index (κ1) is 15.2. The summed E-state index contributed by atoms with van der Waals surface area (Å²) >= 11 is 0. The van der Waals surface area contributed by atoms with E-state index in [4.69, 9.17) is 4.74 Å². The molecule has 0 radical (unpaired) electrons. The number of allylic oxidation sites excluding steroid dienone is 2. The highest BCUT2D eigenvalue weighted by molar-refractivity contribution is 4.84. The lowest BCUT2D eigenvalue weighted by molar-refractivity contribution is 0.358. The van der Waals surface area contributed by atoms with Crippen LogP contribution in [0.4, 0.5) is 0 Å². The largest absolute Gasteiger partial charge is 0.371 e. The smallest absolute Gasteiger partial charge is 0.336 e. The predicted octanol–water partition coefficient (Wildman–Crippen LogP) is -0.277. The fraction of sp³-hybridized carbons (Fsp3) is 0.500. The highest BCUT2D eigenvalue weighted by Gasteiger charge is 2.26. The van der Waals surface area contributed by atoms with Gasteiger partial charge in [-0.25, -0.2) is 28.1 Å². The summed E-state index contributed by atoms with van der Waals surface area (Å²) < 4.78 is 8.30. The van der Waals surface area contributed by atoms with E-state index in [2.05, 4.69) is 13.2 Å². The molecule has 1 saturated heterocycles. The van der Waals surface area contributed by atoms with Gasteiger partial charge in [0.15, 0.2) is 0 Å². The third-order valence-corrected chi connectivity index (χ3v) is 3.29. The third kappa shape index (κ3) is 3.30. The third-order valence-electron chi connectivity index (χ3n) is 3.29. The summed E-state index contributed by atoms with van der Waals surface area (Å²) in [5.74, 6) is 0. The monoisotopic (exact) mass is 293 g/mol. The summed E-state index contributed by atoms with van der Waals surface area (Å²) in [4.78, 5) is 36.9. The van der Waals surface area contributed by atoms with E-state index in [1.54, 1.807) is 12.2 Å². The van der Waals surface area contributed by atoms with E-state index in [9.17, 15) is 14.4 Å². The van der Waals surface area contributed by atoms with Crippen molar-refractivity contribution in [2.45, 2.75) is 38.6 Å². The van der Waals surface area contributed by atoms with E-state index in [0.29, 0.717) is 19.4 Å². The maximum atomic E-state index is 12.3. The van der Waals surface area contributed by atoms with Crippen LogP contribution in [-0.4, -0.2) is 26.4 Å². The molecule has 21 heavy (non-hydrogen) atoms. The van der Waals surface area contributed by atoms with Crippen molar-refractivity contribution in [3.05, 3.63) is 56.8 Å². The Labute approximate surface area is 121 Å². The summed E-state index contributed by atoms with van der Waals surface area (Å²) in [5, 5.41) is 0. The minimum atomic E-state index is -0.586. The minimum absolute atomic E-state index is 0.117. The zero-order chi connectivity index (χ0) is 15.4. The molecule has 0 amide bonds. The second kappa shape index (κ2) is 6.53. The van der Waals surface area contributed by atoms with Crippen LogP contribution in [0.1, 0.15) is 12.8 Å². The second-order valence-electron chi connectivity index (χ2n) is 4.87. The molecule has 0 aromatic carbocycles. The van der Waals surface area contributed by atoms with Gasteiger partial charge in [-0.1, -0.05) is 12.2 Å². The van der Waals surface area contributed by atoms with Gasteiger partial charge in [-0.2, -0.15) is 0 Å². The molecule has 0 saturated carbocycles. The van der Waals surface area contributed by atoms with Crippen LogP contribution in [0.2, 0.25) is 0 Å². The Balaban J connectivity index is 2.54. The summed E-state index contributed by atoms with van der Waals surface area (Å²) in [6.45, 7) is 8.29. The van der Waals surface area contributed by atoms with E-state index in [-0.39, 0.29) is 25.7 Å². The molecule has 114 valence electrons. The number of nitrogens with zero attached hydrogens (tertiary/aromatic N) is 3. The van der Waals surface area contributed by atoms with Crippen molar-refractivity contribution < 1.29 is 4.74 Å². The maximum Gasteiger partial charge on any atom is 0.336 e. The first-order chi connectivity index (χ1) is 10.1. The molecular weight excluding hydrogens is 274 g/mol. The van der Waals surface area contributed by atoms with Crippen LogP contribution in [0.25, 0.3) is 0 Å². The second-order valence-corrected chi connectivity index (χ2v) is 4.87. The average Bonchev–Trinajstić information content (AvgIpc) is 3.27. The first-order valence-electron chi connectivity index (χ1n) is 6.88. The predicted molar refractivity (Wildman–Crippen MR) is 78.6 cm³/mol. The van der Waals surface area contributed by atoms with Gasteiger partial charge in [0, 0.05) is 13.1 Å². The van der Waals surface area contributed by atoms with Crippen molar-refractivity contribution in [1.29, 1.82) is 0 Å². The quantitative estimate of drug-likeness (QED) is 0.488. The van der Waals surface area contributed by atoms with E-state index >= 15 is 0 Å². The zero-order valence-electron chi connectivity index (χ0n) is 11.9. The molecule has 1 aliphatic heterocycles. The highest BCUT2D eigenvalue weighted by Crippen LogP contribution is 2.08. The van der Waals surface area contributed by atoms with Gasteiger partial charge < -0.3 is 4.74 Å². The van der Waals surface area contributed by atoms with Crippen LogP contribution in [0.15, 0.2) is 39.7 Å². The van der Waals surface area contributed by atoms with Gasteiger partial charge in [0.25, 0.3) is 0 Å². The minimum Gasteiger partial charge on any atom is -0.371 e. The molecule has 1 aromatic rings. The lowest BCUT2D eigenvalue weighted by Gasteiger charge is -2.12. The summed E-state index contributed by atoms with van der Waals surface area (Å²) in [5.41, 5.74) is -1.75. The number of rotatable bonds is 8. The Morgan fingerprint density at radius 1 is 0.952 bits per heavy atom. The molecule has 7 heteroatoms. The molecule has 2 heterocycles. The highest BCUT2D eigenvalue weighted by atomic mass is 16.6.